The Balaban J connectivity index is 2.13. The van der Waals surface area contributed by atoms with Gasteiger partial charge in [-0.25, -0.2) is 4.98 Å². The van der Waals surface area contributed by atoms with Crippen LogP contribution in [0.15, 0.2) is 24.4 Å². The lowest BCUT2D eigenvalue weighted by Gasteiger charge is -2.24. The minimum atomic E-state index is 0.127. The van der Waals surface area contributed by atoms with Gasteiger partial charge in [-0.15, -0.1) is 0 Å². The third-order valence-corrected chi connectivity index (χ3v) is 3.85. The molecule has 1 aliphatic carbocycles. The van der Waals surface area contributed by atoms with Crippen molar-refractivity contribution in [1.29, 1.82) is 0 Å². The van der Waals surface area contributed by atoms with Gasteiger partial charge in [0.1, 0.15) is 5.82 Å². The minimum Gasteiger partial charge on any atom is -0.493 e. The number of aliphatic hydroxyl groups is 1. The van der Waals surface area contributed by atoms with E-state index in [1.165, 1.54) is 0 Å². The lowest BCUT2D eigenvalue weighted by Crippen LogP contribution is -2.29. The average Bonchev–Trinajstić information content (AvgIpc) is 3.35. The molecule has 1 heterocycles. The number of pyridine rings is 1. The molecule has 0 atom stereocenters. The van der Waals surface area contributed by atoms with Crippen LogP contribution in [0.25, 0.3) is 10.8 Å². The molecule has 1 aliphatic rings. The molecule has 1 saturated carbocycles. The summed E-state index contributed by atoms with van der Waals surface area (Å²) in [7, 11) is 3.26. The number of methoxy groups -OCH3 is 2. The average molecular weight is 288 g/mol. The van der Waals surface area contributed by atoms with Crippen LogP contribution in [0.5, 0.6) is 11.5 Å². The van der Waals surface area contributed by atoms with Crippen molar-refractivity contribution in [1.82, 2.24) is 4.98 Å². The van der Waals surface area contributed by atoms with E-state index in [0.29, 0.717) is 24.1 Å². The summed E-state index contributed by atoms with van der Waals surface area (Å²) in [5, 5.41) is 11.4. The normalized spacial score (nSPS) is 14.2. The van der Waals surface area contributed by atoms with Crippen molar-refractivity contribution in [3.8, 4) is 11.5 Å². The Hall–Kier alpha value is -2.01. The summed E-state index contributed by atoms with van der Waals surface area (Å²) in [6, 6.07) is 6.38. The van der Waals surface area contributed by atoms with E-state index in [2.05, 4.69) is 9.88 Å². The molecule has 112 valence electrons. The van der Waals surface area contributed by atoms with Crippen LogP contribution in [0.3, 0.4) is 0 Å². The number of aliphatic hydroxyl groups excluding tert-OH is 1. The number of hydrogen-bond acceptors (Lipinski definition) is 5. The zero-order valence-electron chi connectivity index (χ0n) is 12.4. The molecule has 1 N–H and O–H groups in total. The molecule has 1 aromatic carbocycles. The molecule has 3 rings (SSSR count). The highest BCUT2D eigenvalue weighted by Crippen LogP contribution is 2.38. The summed E-state index contributed by atoms with van der Waals surface area (Å²) in [5.41, 5.74) is 0. The fourth-order valence-corrected chi connectivity index (χ4v) is 2.67. The van der Waals surface area contributed by atoms with Gasteiger partial charge in [0.25, 0.3) is 0 Å². The van der Waals surface area contributed by atoms with E-state index in [0.717, 1.165) is 29.4 Å². The number of benzene rings is 1. The van der Waals surface area contributed by atoms with Gasteiger partial charge in [0.15, 0.2) is 11.5 Å². The third-order valence-electron chi connectivity index (χ3n) is 3.85. The highest BCUT2D eigenvalue weighted by molar-refractivity contribution is 5.94. The van der Waals surface area contributed by atoms with E-state index in [1.807, 2.05) is 18.2 Å². The highest BCUT2D eigenvalue weighted by atomic mass is 16.5. The quantitative estimate of drug-likeness (QED) is 0.883. The molecule has 0 unspecified atom stereocenters. The van der Waals surface area contributed by atoms with Crippen molar-refractivity contribution in [2.24, 2.45) is 0 Å². The van der Waals surface area contributed by atoms with Crippen LogP contribution in [-0.2, 0) is 0 Å². The van der Waals surface area contributed by atoms with Crippen LogP contribution in [0.2, 0.25) is 0 Å². The number of rotatable bonds is 6. The number of hydrogen-bond donors (Lipinski definition) is 1. The second-order valence-corrected chi connectivity index (χ2v) is 5.21. The highest BCUT2D eigenvalue weighted by Gasteiger charge is 2.30. The van der Waals surface area contributed by atoms with Crippen LogP contribution in [0, 0.1) is 0 Å². The predicted octanol–water partition coefficient (Wildman–Crippen LogP) is 2.21. The molecule has 1 aromatic heterocycles. The summed E-state index contributed by atoms with van der Waals surface area (Å²) in [5.74, 6) is 2.31. The molecule has 5 nitrogen and oxygen atoms in total. The summed E-state index contributed by atoms with van der Waals surface area (Å²) >= 11 is 0. The molecule has 1 fully saturated rings. The smallest absolute Gasteiger partial charge is 0.161 e. The zero-order valence-corrected chi connectivity index (χ0v) is 12.4. The maximum atomic E-state index is 9.32. The first kappa shape index (κ1) is 13.9. The second kappa shape index (κ2) is 5.77. The molecule has 0 bridgehead atoms. The van der Waals surface area contributed by atoms with Crippen molar-refractivity contribution in [2.45, 2.75) is 18.9 Å². The second-order valence-electron chi connectivity index (χ2n) is 5.21. The van der Waals surface area contributed by atoms with Crippen molar-refractivity contribution in [2.75, 3.05) is 32.3 Å². The summed E-state index contributed by atoms with van der Waals surface area (Å²) in [4.78, 5) is 6.73. The van der Waals surface area contributed by atoms with Crippen LogP contribution < -0.4 is 14.4 Å². The Kier molecular flexibility index (Phi) is 3.84. The number of aromatic nitrogens is 1. The SMILES string of the molecule is COc1cc2ccnc(N(CCO)C3CC3)c2cc1OC. The van der Waals surface area contributed by atoms with Crippen LogP contribution >= 0.6 is 0 Å². The molecule has 0 spiro atoms. The maximum absolute atomic E-state index is 9.32. The van der Waals surface area contributed by atoms with Gasteiger partial charge in [-0.2, -0.15) is 0 Å². The van der Waals surface area contributed by atoms with Gasteiger partial charge in [-0.1, -0.05) is 0 Å². The topological polar surface area (TPSA) is 54.8 Å². The largest absolute Gasteiger partial charge is 0.493 e. The fraction of sp³-hybridized carbons (Fsp3) is 0.438. The lowest BCUT2D eigenvalue weighted by atomic mass is 10.1. The predicted molar refractivity (Wildman–Crippen MR) is 82.3 cm³/mol. The van der Waals surface area contributed by atoms with E-state index in [9.17, 15) is 5.11 Å². The Morgan fingerprint density at radius 1 is 1.24 bits per heavy atom. The van der Waals surface area contributed by atoms with Gasteiger partial charge >= 0.3 is 0 Å². The Bertz CT molecular complexity index is 641. The first-order valence-electron chi connectivity index (χ1n) is 7.16. The molecular formula is C16H20N2O3. The van der Waals surface area contributed by atoms with E-state index in [-0.39, 0.29) is 6.61 Å². The summed E-state index contributed by atoms with van der Waals surface area (Å²) in [6.45, 7) is 0.729. The molecule has 0 aliphatic heterocycles. The van der Waals surface area contributed by atoms with Gasteiger partial charge < -0.3 is 19.5 Å². The van der Waals surface area contributed by atoms with Gasteiger partial charge in [-0.3, -0.25) is 0 Å². The molecular weight excluding hydrogens is 268 g/mol. The Morgan fingerprint density at radius 2 is 1.95 bits per heavy atom. The number of anilines is 1. The summed E-state index contributed by atoms with van der Waals surface area (Å²) < 4.78 is 10.7. The van der Waals surface area contributed by atoms with Gasteiger partial charge in [-0.05, 0) is 36.4 Å². The van der Waals surface area contributed by atoms with Gasteiger partial charge in [0.05, 0.1) is 20.8 Å². The number of fused-ring (bicyclic) bond motifs is 1. The van der Waals surface area contributed by atoms with E-state index < -0.39 is 0 Å². The Labute approximate surface area is 124 Å². The molecule has 0 saturated heterocycles. The van der Waals surface area contributed by atoms with E-state index >= 15 is 0 Å². The van der Waals surface area contributed by atoms with Crippen LogP contribution in [-0.4, -0.2) is 43.5 Å². The van der Waals surface area contributed by atoms with Crippen LogP contribution in [0.1, 0.15) is 12.8 Å². The molecule has 2 aromatic rings. The van der Waals surface area contributed by atoms with Crippen molar-refractivity contribution < 1.29 is 14.6 Å². The molecule has 0 radical (unpaired) electrons. The molecule has 0 amide bonds. The first-order chi connectivity index (χ1) is 10.3. The maximum Gasteiger partial charge on any atom is 0.161 e. The third kappa shape index (κ3) is 2.61. The number of nitrogens with zero attached hydrogens (tertiary/aromatic N) is 2. The van der Waals surface area contributed by atoms with E-state index in [1.54, 1.807) is 20.4 Å². The monoisotopic (exact) mass is 288 g/mol. The fourth-order valence-electron chi connectivity index (χ4n) is 2.67. The number of ether oxygens (including phenoxy) is 2. The zero-order chi connectivity index (χ0) is 14.8. The molecule has 5 heteroatoms. The van der Waals surface area contributed by atoms with E-state index in [4.69, 9.17) is 9.47 Å². The van der Waals surface area contributed by atoms with Crippen molar-refractivity contribution in [3.05, 3.63) is 24.4 Å². The molecule has 21 heavy (non-hydrogen) atoms. The van der Waals surface area contributed by atoms with Gasteiger partial charge in [0, 0.05) is 24.2 Å². The standard InChI is InChI=1S/C16H20N2O3/c1-20-14-9-11-5-6-17-16(13(11)10-15(14)21-2)18(7-8-19)12-3-4-12/h5-6,9-10,12,19H,3-4,7-8H2,1-2H3. The van der Waals surface area contributed by atoms with Crippen LogP contribution in [0.4, 0.5) is 5.82 Å². The minimum absolute atomic E-state index is 0.127. The Morgan fingerprint density at radius 3 is 2.57 bits per heavy atom. The van der Waals surface area contributed by atoms with Crippen molar-refractivity contribution >= 4 is 16.6 Å². The lowest BCUT2D eigenvalue weighted by molar-refractivity contribution is 0.301. The first-order valence-corrected chi connectivity index (χ1v) is 7.16. The van der Waals surface area contributed by atoms with Crippen molar-refractivity contribution in [3.63, 3.8) is 0 Å². The summed E-state index contributed by atoms with van der Waals surface area (Å²) in [6.07, 6.45) is 4.12. The van der Waals surface area contributed by atoms with Gasteiger partial charge in [0.2, 0.25) is 0 Å².